The largest absolute Gasteiger partial charge is 0.333 e. The Morgan fingerprint density at radius 2 is 1.85 bits per heavy atom. The molecule has 2 bridgehead atoms. The number of piperidine rings is 1. The molecule has 2 heterocycles. The van der Waals surface area contributed by atoms with Crippen LogP contribution in [0.3, 0.4) is 0 Å². The Hall–Kier alpha value is -0.380. The quantitative estimate of drug-likeness (QED) is 0.796. The SMILES string of the molecule is CSC1CC2CCC(C1)N2C(=O)c1ccc(Cl)c(Cl)c1. The van der Waals surface area contributed by atoms with Gasteiger partial charge in [0.2, 0.25) is 0 Å². The molecule has 2 aliphatic heterocycles. The van der Waals surface area contributed by atoms with E-state index in [2.05, 4.69) is 11.2 Å². The van der Waals surface area contributed by atoms with Gasteiger partial charge in [0.05, 0.1) is 10.0 Å². The molecular formula is C15H17Cl2NOS. The van der Waals surface area contributed by atoms with Gasteiger partial charge in [-0.15, -0.1) is 0 Å². The average molecular weight is 330 g/mol. The topological polar surface area (TPSA) is 20.3 Å². The highest BCUT2D eigenvalue weighted by Crippen LogP contribution is 2.40. The molecule has 20 heavy (non-hydrogen) atoms. The van der Waals surface area contributed by atoms with Crippen LogP contribution >= 0.6 is 35.0 Å². The maximum absolute atomic E-state index is 12.7. The van der Waals surface area contributed by atoms with Crippen LogP contribution < -0.4 is 0 Å². The molecule has 2 unspecified atom stereocenters. The van der Waals surface area contributed by atoms with Gasteiger partial charge in [0.25, 0.3) is 5.91 Å². The van der Waals surface area contributed by atoms with Crippen molar-refractivity contribution in [3.05, 3.63) is 33.8 Å². The Labute approximate surface area is 133 Å². The third-order valence-corrected chi connectivity index (χ3v) is 6.21. The van der Waals surface area contributed by atoms with Crippen molar-refractivity contribution in [1.29, 1.82) is 0 Å². The van der Waals surface area contributed by atoms with Gasteiger partial charge in [-0.3, -0.25) is 4.79 Å². The number of thioether (sulfide) groups is 1. The van der Waals surface area contributed by atoms with Crippen molar-refractivity contribution in [2.24, 2.45) is 0 Å². The second-order valence-electron chi connectivity index (χ2n) is 5.56. The van der Waals surface area contributed by atoms with Crippen LogP contribution in [0.2, 0.25) is 10.0 Å². The lowest BCUT2D eigenvalue weighted by Gasteiger charge is -2.38. The maximum atomic E-state index is 12.7. The Morgan fingerprint density at radius 3 is 2.40 bits per heavy atom. The maximum Gasteiger partial charge on any atom is 0.254 e. The zero-order chi connectivity index (χ0) is 14.3. The predicted octanol–water partition coefficient (Wildman–Crippen LogP) is 4.49. The highest BCUT2D eigenvalue weighted by atomic mass is 35.5. The number of carbonyl (C=O) groups is 1. The average Bonchev–Trinajstić information content (AvgIpc) is 2.71. The highest BCUT2D eigenvalue weighted by Gasteiger charge is 2.43. The molecule has 1 amide bonds. The van der Waals surface area contributed by atoms with E-state index in [0.29, 0.717) is 32.9 Å². The molecule has 0 saturated carbocycles. The van der Waals surface area contributed by atoms with Crippen molar-refractivity contribution in [2.75, 3.05) is 6.26 Å². The summed E-state index contributed by atoms with van der Waals surface area (Å²) in [4.78, 5) is 14.8. The van der Waals surface area contributed by atoms with Crippen LogP contribution in [0.25, 0.3) is 0 Å². The van der Waals surface area contributed by atoms with Gasteiger partial charge >= 0.3 is 0 Å². The van der Waals surface area contributed by atoms with Crippen molar-refractivity contribution in [2.45, 2.75) is 43.0 Å². The summed E-state index contributed by atoms with van der Waals surface area (Å²) in [5, 5.41) is 1.64. The summed E-state index contributed by atoms with van der Waals surface area (Å²) in [6.07, 6.45) is 6.67. The molecule has 3 rings (SSSR count). The normalized spacial score (nSPS) is 28.8. The van der Waals surface area contributed by atoms with Gasteiger partial charge in [0.1, 0.15) is 0 Å². The van der Waals surface area contributed by atoms with Crippen LogP contribution in [0.4, 0.5) is 0 Å². The van der Waals surface area contributed by atoms with Crippen molar-refractivity contribution in [3.63, 3.8) is 0 Å². The van der Waals surface area contributed by atoms with E-state index in [9.17, 15) is 4.79 Å². The zero-order valence-electron chi connectivity index (χ0n) is 11.3. The Morgan fingerprint density at radius 1 is 1.20 bits per heavy atom. The molecule has 108 valence electrons. The summed E-state index contributed by atoms with van der Waals surface area (Å²) in [6.45, 7) is 0. The minimum absolute atomic E-state index is 0.107. The molecule has 0 aromatic heterocycles. The Kier molecular flexibility index (Phi) is 4.21. The third kappa shape index (κ3) is 2.56. The van der Waals surface area contributed by atoms with E-state index in [0.717, 1.165) is 25.7 Å². The molecule has 2 nitrogen and oxygen atoms in total. The fraction of sp³-hybridized carbons (Fsp3) is 0.533. The first kappa shape index (κ1) is 14.6. The highest BCUT2D eigenvalue weighted by molar-refractivity contribution is 7.99. The summed E-state index contributed by atoms with van der Waals surface area (Å²) >= 11 is 13.9. The minimum atomic E-state index is 0.107. The van der Waals surface area contributed by atoms with E-state index >= 15 is 0 Å². The monoisotopic (exact) mass is 329 g/mol. The van der Waals surface area contributed by atoms with Gasteiger partial charge in [0.15, 0.2) is 0 Å². The molecule has 1 aromatic carbocycles. The van der Waals surface area contributed by atoms with Gasteiger partial charge in [-0.05, 0) is 50.1 Å². The Balaban J connectivity index is 1.83. The molecule has 0 N–H and O–H groups in total. The standard InChI is InChI=1S/C15H17Cl2NOS/c1-20-12-7-10-3-4-11(8-12)18(10)15(19)9-2-5-13(16)14(17)6-9/h2,5-6,10-12H,3-4,7-8H2,1H3. The molecule has 5 heteroatoms. The van der Waals surface area contributed by atoms with Gasteiger partial charge in [0, 0.05) is 22.9 Å². The van der Waals surface area contributed by atoms with Gasteiger partial charge < -0.3 is 4.90 Å². The first-order valence-corrected chi connectivity index (χ1v) is 8.95. The summed E-state index contributed by atoms with van der Waals surface area (Å²) in [5.74, 6) is 0.107. The van der Waals surface area contributed by atoms with Crippen molar-refractivity contribution < 1.29 is 4.79 Å². The second-order valence-corrected chi connectivity index (χ2v) is 7.51. The molecule has 2 atom stereocenters. The zero-order valence-corrected chi connectivity index (χ0v) is 13.6. The van der Waals surface area contributed by atoms with Gasteiger partial charge in [-0.25, -0.2) is 0 Å². The predicted molar refractivity (Wildman–Crippen MR) is 86.0 cm³/mol. The van der Waals surface area contributed by atoms with Gasteiger partial charge in [-0.1, -0.05) is 23.2 Å². The molecule has 0 radical (unpaired) electrons. The lowest BCUT2D eigenvalue weighted by Crippen LogP contribution is -2.47. The summed E-state index contributed by atoms with van der Waals surface area (Å²) in [7, 11) is 0. The summed E-state index contributed by atoms with van der Waals surface area (Å²) in [6, 6.07) is 5.96. The molecule has 2 fully saturated rings. The number of hydrogen-bond acceptors (Lipinski definition) is 2. The summed E-state index contributed by atoms with van der Waals surface area (Å²) < 4.78 is 0. The number of hydrogen-bond donors (Lipinski definition) is 0. The van der Waals surface area contributed by atoms with Crippen LogP contribution in [-0.2, 0) is 0 Å². The number of amides is 1. The number of carbonyl (C=O) groups excluding carboxylic acids is 1. The van der Waals surface area contributed by atoms with Crippen LogP contribution in [0.1, 0.15) is 36.0 Å². The minimum Gasteiger partial charge on any atom is -0.333 e. The molecular weight excluding hydrogens is 313 g/mol. The Bertz CT molecular complexity index is 523. The van der Waals surface area contributed by atoms with E-state index in [1.54, 1.807) is 18.2 Å². The lowest BCUT2D eigenvalue weighted by molar-refractivity contribution is 0.0601. The smallest absolute Gasteiger partial charge is 0.254 e. The van der Waals surface area contributed by atoms with Crippen LogP contribution in [0, 0.1) is 0 Å². The number of rotatable bonds is 2. The van der Waals surface area contributed by atoms with Crippen molar-refractivity contribution >= 4 is 40.9 Å². The number of benzene rings is 1. The van der Waals surface area contributed by atoms with E-state index in [1.807, 2.05) is 11.8 Å². The summed E-state index contributed by atoms with van der Waals surface area (Å²) in [5.41, 5.74) is 0.652. The first-order valence-electron chi connectivity index (χ1n) is 6.90. The van der Waals surface area contributed by atoms with E-state index in [1.165, 1.54) is 0 Å². The van der Waals surface area contributed by atoms with Crippen molar-refractivity contribution in [1.82, 2.24) is 4.90 Å². The van der Waals surface area contributed by atoms with E-state index < -0.39 is 0 Å². The fourth-order valence-corrected chi connectivity index (χ4v) is 4.56. The fourth-order valence-electron chi connectivity index (χ4n) is 3.43. The molecule has 0 aliphatic carbocycles. The molecule has 1 aromatic rings. The number of nitrogens with zero attached hydrogens (tertiary/aromatic N) is 1. The van der Waals surface area contributed by atoms with Crippen molar-refractivity contribution in [3.8, 4) is 0 Å². The first-order chi connectivity index (χ1) is 9.60. The lowest BCUT2D eigenvalue weighted by atomic mass is 10.0. The second kappa shape index (κ2) is 5.78. The molecule has 2 aliphatic rings. The van der Waals surface area contributed by atoms with Gasteiger partial charge in [-0.2, -0.15) is 11.8 Å². The van der Waals surface area contributed by atoms with Crippen LogP contribution in [-0.4, -0.2) is 34.4 Å². The number of fused-ring (bicyclic) bond motifs is 2. The molecule has 2 saturated heterocycles. The van der Waals surface area contributed by atoms with Crippen LogP contribution in [0.5, 0.6) is 0 Å². The van der Waals surface area contributed by atoms with E-state index in [-0.39, 0.29) is 5.91 Å². The number of halogens is 2. The third-order valence-electron chi connectivity index (χ3n) is 4.42. The van der Waals surface area contributed by atoms with E-state index in [4.69, 9.17) is 23.2 Å². The molecule has 0 spiro atoms. The van der Waals surface area contributed by atoms with Crippen LogP contribution in [0.15, 0.2) is 18.2 Å².